The summed E-state index contributed by atoms with van der Waals surface area (Å²) in [6.45, 7) is 7.16. The Hall–Kier alpha value is -2.56. The van der Waals surface area contributed by atoms with Gasteiger partial charge in [-0.15, -0.1) is 0 Å². The second-order valence-electron chi connectivity index (χ2n) is 7.97. The van der Waals surface area contributed by atoms with Crippen molar-refractivity contribution in [2.45, 2.75) is 39.8 Å². The van der Waals surface area contributed by atoms with E-state index in [4.69, 9.17) is 4.42 Å². The van der Waals surface area contributed by atoms with Gasteiger partial charge in [-0.3, -0.25) is 9.59 Å². The lowest BCUT2D eigenvalue weighted by atomic mass is 9.82. The molecule has 0 radical (unpaired) electrons. The molecule has 1 aliphatic rings. The molecule has 138 valence electrons. The van der Waals surface area contributed by atoms with Crippen molar-refractivity contribution in [2.75, 3.05) is 6.54 Å². The molecule has 0 saturated carbocycles. The van der Waals surface area contributed by atoms with Crippen LogP contribution in [0, 0.1) is 11.3 Å². The smallest absolute Gasteiger partial charge is 0.225 e. The van der Waals surface area contributed by atoms with Gasteiger partial charge in [0.15, 0.2) is 0 Å². The van der Waals surface area contributed by atoms with Crippen LogP contribution in [0.4, 0.5) is 0 Å². The van der Waals surface area contributed by atoms with Crippen LogP contribution < -0.4 is 5.32 Å². The molecule has 1 N–H and O–H groups in total. The van der Waals surface area contributed by atoms with Gasteiger partial charge in [0.05, 0.1) is 24.8 Å². The normalized spacial score (nSPS) is 18.8. The number of hydrogen-bond acceptors (Lipinski definition) is 3. The number of carbonyl (C=O) groups is 2. The third-order valence-electron chi connectivity index (χ3n) is 4.80. The fourth-order valence-corrected chi connectivity index (χ4v) is 3.40. The SMILES string of the molecule is CC(C)(C)C(NC(=O)C1CC(=O)N(Cc2ccco2)C1)c1ccccc1. The van der Waals surface area contributed by atoms with Gasteiger partial charge in [-0.25, -0.2) is 0 Å². The quantitative estimate of drug-likeness (QED) is 0.893. The third kappa shape index (κ3) is 4.15. The van der Waals surface area contributed by atoms with E-state index in [-0.39, 0.29) is 35.6 Å². The molecular weight excluding hydrogens is 328 g/mol. The molecule has 2 aromatic rings. The molecule has 2 atom stereocenters. The van der Waals surface area contributed by atoms with E-state index in [2.05, 4.69) is 26.1 Å². The van der Waals surface area contributed by atoms with E-state index in [1.807, 2.05) is 36.4 Å². The highest BCUT2D eigenvalue weighted by Gasteiger charge is 2.37. The maximum Gasteiger partial charge on any atom is 0.225 e. The van der Waals surface area contributed by atoms with Gasteiger partial charge in [-0.2, -0.15) is 0 Å². The topological polar surface area (TPSA) is 62.6 Å². The molecule has 1 aliphatic heterocycles. The van der Waals surface area contributed by atoms with Gasteiger partial charge < -0.3 is 14.6 Å². The Morgan fingerprint density at radius 1 is 1.23 bits per heavy atom. The lowest BCUT2D eigenvalue weighted by Crippen LogP contribution is -2.40. The summed E-state index contributed by atoms with van der Waals surface area (Å²) in [5.41, 5.74) is 0.943. The summed E-state index contributed by atoms with van der Waals surface area (Å²) < 4.78 is 5.31. The van der Waals surface area contributed by atoms with E-state index >= 15 is 0 Å². The number of rotatable bonds is 5. The van der Waals surface area contributed by atoms with E-state index < -0.39 is 0 Å². The molecule has 26 heavy (non-hydrogen) atoms. The van der Waals surface area contributed by atoms with Crippen LogP contribution in [0.3, 0.4) is 0 Å². The molecule has 5 nitrogen and oxygen atoms in total. The summed E-state index contributed by atoms with van der Waals surface area (Å²) >= 11 is 0. The highest BCUT2D eigenvalue weighted by atomic mass is 16.3. The minimum Gasteiger partial charge on any atom is -0.467 e. The average Bonchev–Trinajstić information content (AvgIpc) is 3.23. The standard InChI is InChI=1S/C21H26N2O3/c1-21(2,3)19(15-8-5-4-6-9-15)22-20(25)16-12-18(24)23(13-16)14-17-10-7-11-26-17/h4-11,16,19H,12-14H2,1-3H3,(H,22,25). The number of benzene rings is 1. The second kappa shape index (κ2) is 7.36. The first-order valence-corrected chi connectivity index (χ1v) is 9.00. The summed E-state index contributed by atoms with van der Waals surface area (Å²) in [6.07, 6.45) is 1.84. The first-order chi connectivity index (χ1) is 12.3. The van der Waals surface area contributed by atoms with Gasteiger partial charge in [-0.1, -0.05) is 51.1 Å². The van der Waals surface area contributed by atoms with Gasteiger partial charge in [-0.05, 0) is 23.1 Å². The number of nitrogens with one attached hydrogen (secondary N) is 1. The number of furan rings is 1. The summed E-state index contributed by atoms with van der Waals surface area (Å²) in [7, 11) is 0. The Morgan fingerprint density at radius 2 is 1.96 bits per heavy atom. The van der Waals surface area contributed by atoms with E-state index in [1.165, 1.54) is 0 Å². The molecule has 5 heteroatoms. The number of hydrogen-bond donors (Lipinski definition) is 1. The molecule has 2 amide bonds. The maximum absolute atomic E-state index is 12.9. The number of amides is 2. The van der Waals surface area contributed by atoms with Crippen molar-refractivity contribution in [3.05, 3.63) is 60.1 Å². The largest absolute Gasteiger partial charge is 0.467 e. The van der Waals surface area contributed by atoms with Crippen molar-refractivity contribution in [3.8, 4) is 0 Å². The molecule has 1 aromatic carbocycles. The van der Waals surface area contributed by atoms with Gasteiger partial charge in [0, 0.05) is 13.0 Å². The minimum absolute atomic E-state index is 0.00595. The van der Waals surface area contributed by atoms with Crippen molar-refractivity contribution in [1.82, 2.24) is 10.2 Å². The van der Waals surface area contributed by atoms with E-state index in [1.54, 1.807) is 17.2 Å². The fourth-order valence-electron chi connectivity index (χ4n) is 3.40. The monoisotopic (exact) mass is 354 g/mol. The molecule has 1 saturated heterocycles. The van der Waals surface area contributed by atoms with Crippen molar-refractivity contribution in [3.63, 3.8) is 0 Å². The molecule has 0 bridgehead atoms. The van der Waals surface area contributed by atoms with Crippen molar-refractivity contribution >= 4 is 11.8 Å². The number of nitrogens with zero attached hydrogens (tertiary/aromatic N) is 1. The Kier molecular flexibility index (Phi) is 5.16. The zero-order chi connectivity index (χ0) is 18.7. The fraction of sp³-hybridized carbons (Fsp3) is 0.429. The van der Waals surface area contributed by atoms with E-state index in [9.17, 15) is 9.59 Å². The lowest BCUT2D eigenvalue weighted by Gasteiger charge is -2.32. The van der Waals surface area contributed by atoms with Gasteiger partial charge >= 0.3 is 0 Å². The average molecular weight is 354 g/mol. The highest BCUT2D eigenvalue weighted by Crippen LogP contribution is 2.33. The van der Waals surface area contributed by atoms with Crippen molar-refractivity contribution < 1.29 is 14.0 Å². The number of likely N-dealkylation sites (tertiary alicyclic amines) is 1. The Labute approximate surface area is 154 Å². The molecule has 3 rings (SSSR count). The van der Waals surface area contributed by atoms with Crippen LogP contribution in [0.25, 0.3) is 0 Å². The lowest BCUT2D eigenvalue weighted by molar-refractivity contribution is -0.129. The molecule has 0 aliphatic carbocycles. The second-order valence-corrected chi connectivity index (χ2v) is 7.97. The third-order valence-corrected chi connectivity index (χ3v) is 4.80. The maximum atomic E-state index is 12.9. The molecule has 1 fully saturated rings. The summed E-state index contributed by atoms with van der Waals surface area (Å²) in [6, 6.07) is 13.5. The predicted molar refractivity (Wildman–Crippen MR) is 99.0 cm³/mol. The molecule has 2 heterocycles. The van der Waals surface area contributed by atoms with Crippen LogP contribution in [0.5, 0.6) is 0 Å². The first kappa shape index (κ1) is 18.2. The van der Waals surface area contributed by atoms with Crippen molar-refractivity contribution in [2.24, 2.45) is 11.3 Å². The van der Waals surface area contributed by atoms with Gasteiger partial charge in [0.1, 0.15) is 5.76 Å². The Bertz CT molecular complexity index is 747. The summed E-state index contributed by atoms with van der Waals surface area (Å²) in [5.74, 6) is 0.333. The Morgan fingerprint density at radius 3 is 2.58 bits per heavy atom. The number of carbonyl (C=O) groups excluding carboxylic acids is 2. The highest BCUT2D eigenvalue weighted by molar-refractivity contribution is 5.89. The predicted octanol–water partition coefficient (Wildman–Crippen LogP) is 3.53. The van der Waals surface area contributed by atoms with Crippen LogP contribution >= 0.6 is 0 Å². The van der Waals surface area contributed by atoms with Crippen LogP contribution in [-0.2, 0) is 16.1 Å². The zero-order valence-electron chi connectivity index (χ0n) is 15.6. The molecule has 0 spiro atoms. The van der Waals surface area contributed by atoms with Gasteiger partial charge in [0.25, 0.3) is 0 Å². The molecular formula is C21H26N2O3. The first-order valence-electron chi connectivity index (χ1n) is 9.00. The summed E-state index contributed by atoms with van der Waals surface area (Å²) in [4.78, 5) is 26.8. The van der Waals surface area contributed by atoms with E-state index in [0.717, 1.165) is 11.3 Å². The van der Waals surface area contributed by atoms with Crippen molar-refractivity contribution in [1.29, 1.82) is 0 Å². The van der Waals surface area contributed by atoms with Crippen LogP contribution in [-0.4, -0.2) is 23.3 Å². The molecule has 1 aromatic heterocycles. The Balaban J connectivity index is 1.67. The zero-order valence-corrected chi connectivity index (χ0v) is 15.6. The van der Waals surface area contributed by atoms with Crippen LogP contribution in [0.2, 0.25) is 0 Å². The molecule has 2 unspecified atom stereocenters. The minimum atomic E-state index is -0.328. The van der Waals surface area contributed by atoms with Crippen LogP contribution in [0.15, 0.2) is 53.1 Å². The van der Waals surface area contributed by atoms with Gasteiger partial charge in [0.2, 0.25) is 11.8 Å². The van der Waals surface area contributed by atoms with E-state index in [0.29, 0.717) is 13.1 Å². The van der Waals surface area contributed by atoms with Crippen LogP contribution in [0.1, 0.15) is 44.6 Å². The summed E-state index contributed by atoms with van der Waals surface area (Å²) in [5, 5.41) is 3.17.